The first-order chi connectivity index (χ1) is 10.8. The number of hydrogen-bond acceptors (Lipinski definition) is 3. The zero-order chi connectivity index (χ0) is 15.8. The van der Waals surface area contributed by atoms with Gasteiger partial charge >= 0.3 is 0 Å². The molecule has 0 saturated carbocycles. The molecule has 1 heterocycles. The van der Waals surface area contributed by atoms with Crippen molar-refractivity contribution in [2.24, 2.45) is 0 Å². The molecule has 2 nitrogen and oxygen atoms in total. The van der Waals surface area contributed by atoms with Crippen molar-refractivity contribution in [1.82, 2.24) is 4.90 Å². The van der Waals surface area contributed by atoms with Crippen LogP contribution < -0.4 is 4.74 Å². The number of methoxy groups -OCH3 is 1. The molecule has 0 aromatic heterocycles. The predicted molar refractivity (Wildman–Crippen MR) is 95.6 cm³/mol. The van der Waals surface area contributed by atoms with Gasteiger partial charge in [0, 0.05) is 30.3 Å². The van der Waals surface area contributed by atoms with E-state index >= 15 is 0 Å². The summed E-state index contributed by atoms with van der Waals surface area (Å²) in [4.78, 5) is 3.90. The number of hydrogen-bond donors (Lipinski definition) is 0. The lowest BCUT2D eigenvalue weighted by Gasteiger charge is -2.20. The van der Waals surface area contributed by atoms with Gasteiger partial charge in [-0.15, -0.1) is 11.8 Å². The minimum atomic E-state index is 0.950. The summed E-state index contributed by atoms with van der Waals surface area (Å²) in [6.45, 7) is 7.13. The summed E-state index contributed by atoms with van der Waals surface area (Å²) in [5, 5.41) is 0. The third kappa shape index (κ3) is 4.52. The molecule has 0 saturated heterocycles. The smallest absolute Gasteiger partial charge is 0.119 e. The second-order valence-electron chi connectivity index (χ2n) is 5.02. The maximum atomic E-state index is 5.35. The van der Waals surface area contributed by atoms with Crippen LogP contribution in [0.15, 0.2) is 53.4 Å². The summed E-state index contributed by atoms with van der Waals surface area (Å²) in [6, 6.07) is 17.1. The van der Waals surface area contributed by atoms with Crippen LogP contribution >= 0.6 is 11.8 Å². The molecule has 118 valence electrons. The highest BCUT2D eigenvalue weighted by molar-refractivity contribution is 7.99. The molecule has 0 radical (unpaired) electrons. The fourth-order valence-electron chi connectivity index (χ4n) is 2.53. The summed E-state index contributed by atoms with van der Waals surface area (Å²) in [5.74, 6) is 2.09. The van der Waals surface area contributed by atoms with Gasteiger partial charge in [0.25, 0.3) is 0 Å². The molecule has 0 spiro atoms. The Kier molecular flexibility index (Phi) is 6.81. The van der Waals surface area contributed by atoms with Gasteiger partial charge in [-0.25, -0.2) is 0 Å². The molecule has 22 heavy (non-hydrogen) atoms. The van der Waals surface area contributed by atoms with Crippen LogP contribution in [-0.4, -0.2) is 24.3 Å². The molecule has 2 aromatic carbocycles. The third-order valence-electron chi connectivity index (χ3n) is 3.58. The van der Waals surface area contributed by atoms with Crippen LogP contribution in [0.5, 0.6) is 5.75 Å². The quantitative estimate of drug-likeness (QED) is 0.805. The van der Waals surface area contributed by atoms with Gasteiger partial charge in [0.15, 0.2) is 0 Å². The summed E-state index contributed by atoms with van der Waals surface area (Å²) in [7, 11) is 1.73. The minimum Gasteiger partial charge on any atom is -0.497 e. The number of ether oxygens (including phenoxy) is 1. The largest absolute Gasteiger partial charge is 0.497 e. The Morgan fingerprint density at radius 1 is 1.09 bits per heavy atom. The van der Waals surface area contributed by atoms with E-state index < -0.39 is 0 Å². The summed E-state index contributed by atoms with van der Waals surface area (Å²) < 4.78 is 5.35. The van der Waals surface area contributed by atoms with Crippen molar-refractivity contribution < 1.29 is 4.74 Å². The Hall–Kier alpha value is -1.45. The summed E-state index contributed by atoms with van der Waals surface area (Å²) in [6.07, 6.45) is 0. The highest BCUT2D eigenvalue weighted by atomic mass is 32.2. The lowest BCUT2D eigenvalue weighted by atomic mass is 10.1. The maximum Gasteiger partial charge on any atom is 0.119 e. The van der Waals surface area contributed by atoms with Crippen LogP contribution in [-0.2, 0) is 13.1 Å². The molecular weight excluding hydrogens is 290 g/mol. The molecule has 1 aliphatic heterocycles. The van der Waals surface area contributed by atoms with E-state index in [1.54, 1.807) is 7.11 Å². The Labute approximate surface area is 138 Å². The van der Waals surface area contributed by atoms with Crippen molar-refractivity contribution in [2.45, 2.75) is 31.8 Å². The molecular formula is C19H25NOS. The van der Waals surface area contributed by atoms with Crippen molar-refractivity contribution >= 4 is 11.8 Å². The Bertz CT molecular complexity index is 571. The SMILES string of the molecule is CC.COc1ccc2c(c1)CN(Cc1ccccc1)CCS2. The molecule has 0 atom stereocenters. The lowest BCUT2D eigenvalue weighted by Crippen LogP contribution is -2.23. The third-order valence-corrected chi connectivity index (χ3v) is 4.67. The molecule has 0 bridgehead atoms. The second kappa shape index (κ2) is 8.86. The van der Waals surface area contributed by atoms with Crippen LogP contribution in [0, 0.1) is 0 Å². The zero-order valence-corrected chi connectivity index (χ0v) is 14.5. The van der Waals surface area contributed by atoms with Gasteiger partial charge in [-0.3, -0.25) is 4.90 Å². The van der Waals surface area contributed by atoms with E-state index in [1.807, 2.05) is 25.6 Å². The monoisotopic (exact) mass is 315 g/mol. The van der Waals surface area contributed by atoms with Crippen LogP contribution in [0.1, 0.15) is 25.0 Å². The number of fused-ring (bicyclic) bond motifs is 1. The second-order valence-corrected chi connectivity index (χ2v) is 6.16. The van der Waals surface area contributed by atoms with Crippen LogP contribution in [0.2, 0.25) is 0 Å². The van der Waals surface area contributed by atoms with E-state index in [2.05, 4.69) is 53.4 Å². The lowest BCUT2D eigenvalue weighted by molar-refractivity contribution is 0.274. The zero-order valence-electron chi connectivity index (χ0n) is 13.7. The highest BCUT2D eigenvalue weighted by Gasteiger charge is 2.15. The van der Waals surface area contributed by atoms with Crippen molar-refractivity contribution in [2.75, 3.05) is 19.4 Å². The first-order valence-electron chi connectivity index (χ1n) is 7.91. The van der Waals surface area contributed by atoms with Gasteiger partial charge in [-0.1, -0.05) is 44.2 Å². The van der Waals surface area contributed by atoms with Crippen molar-refractivity contribution in [1.29, 1.82) is 0 Å². The van der Waals surface area contributed by atoms with E-state index in [0.29, 0.717) is 0 Å². The molecule has 3 heteroatoms. The highest BCUT2D eigenvalue weighted by Crippen LogP contribution is 2.30. The standard InChI is InChI=1S/C17H19NOS.C2H6/c1-19-16-7-8-17-15(11-16)13-18(9-10-20-17)12-14-5-3-2-4-6-14;1-2/h2-8,11H,9-10,12-13H2,1H3;1-2H3. The van der Waals surface area contributed by atoms with E-state index in [1.165, 1.54) is 16.0 Å². The Morgan fingerprint density at radius 3 is 2.59 bits per heavy atom. The minimum absolute atomic E-state index is 0.950. The fourth-order valence-corrected chi connectivity index (χ4v) is 3.57. The summed E-state index contributed by atoms with van der Waals surface area (Å²) in [5.41, 5.74) is 2.76. The number of rotatable bonds is 3. The number of benzene rings is 2. The molecule has 0 amide bonds. The molecule has 0 fully saturated rings. The molecule has 3 rings (SSSR count). The van der Waals surface area contributed by atoms with Crippen molar-refractivity contribution in [3.05, 3.63) is 59.7 Å². The van der Waals surface area contributed by atoms with E-state index in [9.17, 15) is 0 Å². The predicted octanol–water partition coefficient (Wildman–Crippen LogP) is 4.83. The van der Waals surface area contributed by atoms with Crippen molar-refractivity contribution in [3.63, 3.8) is 0 Å². The van der Waals surface area contributed by atoms with E-state index in [0.717, 1.165) is 31.1 Å². The maximum absolute atomic E-state index is 5.35. The number of nitrogens with zero attached hydrogens (tertiary/aromatic N) is 1. The van der Waals surface area contributed by atoms with Gasteiger partial charge in [0.2, 0.25) is 0 Å². The molecule has 2 aromatic rings. The average Bonchev–Trinajstić information content (AvgIpc) is 2.78. The normalized spacial score (nSPS) is 14.3. The van der Waals surface area contributed by atoms with Gasteiger partial charge in [-0.05, 0) is 29.3 Å². The van der Waals surface area contributed by atoms with E-state index in [-0.39, 0.29) is 0 Å². The molecule has 1 aliphatic rings. The first kappa shape index (κ1) is 16.9. The van der Waals surface area contributed by atoms with Crippen molar-refractivity contribution in [3.8, 4) is 5.75 Å². The Morgan fingerprint density at radius 2 is 1.86 bits per heavy atom. The summed E-state index contributed by atoms with van der Waals surface area (Å²) >= 11 is 1.95. The molecule has 0 N–H and O–H groups in total. The Balaban J connectivity index is 0.000000847. The van der Waals surface area contributed by atoms with Crippen LogP contribution in [0.3, 0.4) is 0 Å². The molecule has 0 unspecified atom stereocenters. The van der Waals surface area contributed by atoms with Gasteiger partial charge < -0.3 is 4.74 Å². The molecule has 0 aliphatic carbocycles. The van der Waals surface area contributed by atoms with Crippen LogP contribution in [0.25, 0.3) is 0 Å². The first-order valence-corrected chi connectivity index (χ1v) is 8.90. The topological polar surface area (TPSA) is 12.5 Å². The van der Waals surface area contributed by atoms with Crippen LogP contribution in [0.4, 0.5) is 0 Å². The van der Waals surface area contributed by atoms with E-state index in [4.69, 9.17) is 4.74 Å². The van der Waals surface area contributed by atoms with Gasteiger partial charge in [0.1, 0.15) is 5.75 Å². The number of thioether (sulfide) groups is 1. The fraction of sp³-hybridized carbons (Fsp3) is 0.368. The van der Waals surface area contributed by atoms with Gasteiger partial charge in [0.05, 0.1) is 7.11 Å². The van der Waals surface area contributed by atoms with Gasteiger partial charge in [-0.2, -0.15) is 0 Å². The average molecular weight is 315 g/mol.